The fourth-order valence-electron chi connectivity index (χ4n) is 2.17. The Morgan fingerprint density at radius 1 is 1.27 bits per heavy atom. The van der Waals surface area contributed by atoms with E-state index in [4.69, 9.17) is 9.47 Å². The first-order valence-corrected chi connectivity index (χ1v) is 6.00. The van der Waals surface area contributed by atoms with E-state index in [1.165, 1.54) is 12.8 Å². The van der Waals surface area contributed by atoms with Crippen LogP contribution in [0.4, 0.5) is 0 Å². The van der Waals surface area contributed by atoms with Crippen molar-refractivity contribution in [3.05, 3.63) is 0 Å². The topological polar surface area (TPSA) is 21.7 Å². The molecule has 1 saturated heterocycles. The summed E-state index contributed by atoms with van der Waals surface area (Å²) in [5.41, 5.74) is 0.203. The smallest absolute Gasteiger partial charge is 0.170 e. The van der Waals surface area contributed by atoms with Gasteiger partial charge in [-0.2, -0.15) is 0 Å². The first kappa shape index (κ1) is 11.4. The van der Waals surface area contributed by atoms with Crippen molar-refractivity contribution in [2.45, 2.75) is 64.5 Å². The monoisotopic (exact) mass is 213 g/mol. The summed E-state index contributed by atoms with van der Waals surface area (Å²) in [4.78, 5) is 2.48. The lowest BCUT2D eigenvalue weighted by atomic mass is 10.0. The van der Waals surface area contributed by atoms with Gasteiger partial charge in [0.25, 0.3) is 0 Å². The van der Waals surface area contributed by atoms with Crippen LogP contribution in [0, 0.1) is 0 Å². The summed E-state index contributed by atoms with van der Waals surface area (Å²) in [6.07, 6.45) is 2.90. The number of hydrogen-bond donors (Lipinski definition) is 0. The van der Waals surface area contributed by atoms with Crippen molar-refractivity contribution in [3.8, 4) is 0 Å². The molecule has 1 heterocycles. The quantitative estimate of drug-likeness (QED) is 0.700. The predicted octanol–water partition coefficient (Wildman–Crippen LogP) is 2.01. The highest BCUT2D eigenvalue weighted by Gasteiger charge is 2.36. The standard InChI is InChI=1S/C12H23NO2/c1-9-8-14-11(15-10-5-6-10)7-13(9)12(2,3)4/h9-11H,5-8H2,1-4H3. The molecule has 3 heteroatoms. The molecule has 0 aromatic rings. The van der Waals surface area contributed by atoms with Gasteiger partial charge in [0.1, 0.15) is 0 Å². The average Bonchev–Trinajstić information content (AvgIpc) is 2.90. The van der Waals surface area contributed by atoms with Crippen LogP contribution in [0.15, 0.2) is 0 Å². The Labute approximate surface area is 92.7 Å². The lowest BCUT2D eigenvalue weighted by Gasteiger charge is -2.45. The van der Waals surface area contributed by atoms with Crippen LogP contribution >= 0.6 is 0 Å². The van der Waals surface area contributed by atoms with Gasteiger partial charge < -0.3 is 9.47 Å². The highest BCUT2D eigenvalue weighted by molar-refractivity contribution is 4.85. The summed E-state index contributed by atoms with van der Waals surface area (Å²) in [6, 6.07) is 0.490. The van der Waals surface area contributed by atoms with Crippen LogP contribution in [0.3, 0.4) is 0 Å². The minimum absolute atomic E-state index is 0.00655. The Bertz CT molecular complexity index is 220. The molecule has 0 bridgehead atoms. The van der Waals surface area contributed by atoms with E-state index in [0.29, 0.717) is 12.1 Å². The van der Waals surface area contributed by atoms with Crippen molar-refractivity contribution in [2.24, 2.45) is 0 Å². The minimum atomic E-state index is -0.00655. The minimum Gasteiger partial charge on any atom is -0.350 e. The molecular formula is C12H23NO2. The normalized spacial score (nSPS) is 34.4. The van der Waals surface area contributed by atoms with Gasteiger partial charge in [-0.1, -0.05) is 0 Å². The van der Waals surface area contributed by atoms with E-state index in [2.05, 4.69) is 32.6 Å². The molecule has 2 rings (SSSR count). The van der Waals surface area contributed by atoms with E-state index in [9.17, 15) is 0 Å². The van der Waals surface area contributed by atoms with E-state index < -0.39 is 0 Å². The van der Waals surface area contributed by atoms with Gasteiger partial charge in [-0.25, -0.2) is 0 Å². The molecule has 0 radical (unpaired) electrons. The third kappa shape index (κ3) is 2.92. The molecule has 1 aliphatic carbocycles. The van der Waals surface area contributed by atoms with Crippen molar-refractivity contribution in [1.82, 2.24) is 4.90 Å². The average molecular weight is 213 g/mol. The third-order valence-electron chi connectivity index (χ3n) is 3.13. The highest BCUT2D eigenvalue weighted by Crippen LogP contribution is 2.29. The van der Waals surface area contributed by atoms with Gasteiger partial charge in [-0.05, 0) is 40.5 Å². The fraction of sp³-hybridized carbons (Fsp3) is 1.00. The maximum atomic E-state index is 5.81. The van der Waals surface area contributed by atoms with Crippen LogP contribution in [-0.2, 0) is 9.47 Å². The van der Waals surface area contributed by atoms with Gasteiger partial charge in [0.15, 0.2) is 6.29 Å². The Balaban J connectivity index is 1.91. The van der Waals surface area contributed by atoms with E-state index in [1.807, 2.05) is 0 Å². The maximum Gasteiger partial charge on any atom is 0.170 e. The van der Waals surface area contributed by atoms with Crippen LogP contribution in [0.2, 0.25) is 0 Å². The Morgan fingerprint density at radius 3 is 2.47 bits per heavy atom. The largest absolute Gasteiger partial charge is 0.350 e. The molecule has 0 aromatic carbocycles. The first-order valence-electron chi connectivity index (χ1n) is 6.00. The van der Waals surface area contributed by atoms with Gasteiger partial charge in [-0.3, -0.25) is 4.90 Å². The summed E-state index contributed by atoms with van der Waals surface area (Å²) in [6.45, 7) is 10.7. The molecule has 2 unspecified atom stereocenters. The van der Waals surface area contributed by atoms with Crippen molar-refractivity contribution in [1.29, 1.82) is 0 Å². The predicted molar refractivity (Wildman–Crippen MR) is 59.8 cm³/mol. The lowest BCUT2D eigenvalue weighted by molar-refractivity contribution is -0.209. The van der Waals surface area contributed by atoms with Gasteiger partial charge in [-0.15, -0.1) is 0 Å². The third-order valence-corrected chi connectivity index (χ3v) is 3.13. The van der Waals surface area contributed by atoms with Crippen molar-refractivity contribution < 1.29 is 9.47 Å². The second kappa shape index (κ2) is 4.04. The highest BCUT2D eigenvalue weighted by atomic mass is 16.7. The second-order valence-electron chi connectivity index (χ2n) is 5.77. The number of rotatable bonds is 2. The van der Waals surface area contributed by atoms with E-state index in [1.54, 1.807) is 0 Å². The molecule has 2 fully saturated rings. The van der Waals surface area contributed by atoms with Crippen LogP contribution in [0.25, 0.3) is 0 Å². The summed E-state index contributed by atoms with van der Waals surface area (Å²) in [7, 11) is 0. The van der Waals surface area contributed by atoms with Crippen LogP contribution in [0.5, 0.6) is 0 Å². The van der Waals surface area contributed by atoms with Crippen LogP contribution in [-0.4, -0.2) is 42.0 Å². The lowest BCUT2D eigenvalue weighted by Crippen LogP contribution is -2.56. The number of morpholine rings is 1. The van der Waals surface area contributed by atoms with Crippen molar-refractivity contribution in [3.63, 3.8) is 0 Å². The summed E-state index contributed by atoms with van der Waals surface area (Å²) in [5, 5.41) is 0. The molecule has 1 aliphatic heterocycles. The van der Waals surface area contributed by atoms with E-state index in [0.717, 1.165) is 13.2 Å². The molecular weight excluding hydrogens is 190 g/mol. The zero-order valence-corrected chi connectivity index (χ0v) is 10.3. The summed E-state index contributed by atoms with van der Waals surface area (Å²) < 4.78 is 11.5. The molecule has 3 nitrogen and oxygen atoms in total. The molecule has 0 spiro atoms. The maximum absolute atomic E-state index is 5.81. The van der Waals surface area contributed by atoms with Gasteiger partial charge >= 0.3 is 0 Å². The van der Waals surface area contributed by atoms with Gasteiger partial charge in [0, 0.05) is 11.6 Å². The summed E-state index contributed by atoms with van der Waals surface area (Å²) in [5.74, 6) is 0. The number of hydrogen-bond acceptors (Lipinski definition) is 3. The van der Waals surface area contributed by atoms with Crippen LogP contribution in [0.1, 0.15) is 40.5 Å². The number of ether oxygens (including phenoxy) is 2. The van der Waals surface area contributed by atoms with E-state index in [-0.39, 0.29) is 11.8 Å². The zero-order chi connectivity index (χ0) is 11.1. The van der Waals surface area contributed by atoms with Crippen molar-refractivity contribution in [2.75, 3.05) is 13.2 Å². The second-order valence-corrected chi connectivity index (χ2v) is 5.77. The molecule has 2 aliphatic rings. The van der Waals surface area contributed by atoms with E-state index >= 15 is 0 Å². The Morgan fingerprint density at radius 2 is 1.93 bits per heavy atom. The zero-order valence-electron chi connectivity index (χ0n) is 10.3. The SMILES string of the molecule is CC1COC(OC2CC2)CN1C(C)(C)C. The Kier molecular flexibility index (Phi) is 3.06. The summed E-state index contributed by atoms with van der Waals surface area (Å²) >= 11 is 0. The molecule has 0 N–H and O–H groups in total. The molecule has 88 valence electrons. The van der Waals surface area contributed by atoms with Gasteiger partial charge in [0.05, 0.1) is 19.3 Å². The van der Waals surface area contributed by atoms with Gasteiger partial charge in [0.2, 0.25) is 0 Å². The number of nitrogens with zero attached hydrogens (tertiary/aromatic N) is 1. The molecule has 1 saturated carbocycles. The molecule has 0 aromatic heterocycles. The van der Waals surface area contributed by atoms with Crippen LogP contribution < -0.4 is 0 Å². The van der Waals surface area contributed by atoms with Crippen molar-refractivity contribution >= 4 is 0 Å². The molecule has 15 heavy (non-hydrogen) atoms. The Hall–Kier alpha value is -0.120. The molecule has 0 amide bonds. The fourth-order valence-corrected chi connectivity index (χ4v) is 2.17. The molecule has 2 atom stereocenters. The first-order chi connectivity index (χ1) is 6.97.